The lowest BCUT2D eigenvalue weighted by Gasteiger charge is -2.24. The molecule has 5 nitrogen and oxygen atoms in total. The summed E-state index contributed by atoms with van der Waals surface area (Å²) in [5, 5.41) is 7.58. The highest BCUT2D eigenvalue weighted by Gasteiger charge is 2.25. The first-order valence-electron chi connectivity index (χ1n) is 8.61. The van der Waals surface area contributed by atoms with Crippen LogP contribution in [0.15, 0.2) is 24.3 Å². The van der Waals surface area contributed by atoms with E-state index < -0.39 is 0 Å². The van der Waals surface area contributed by atoms with Crippen LogP contribution in [0.25, 0.3) is 0 Å². The van der Waals surface area contributed by atoms with Gasteiger partial charge in [0.15, 0.2) is 0 Å². The first-order valence-corrected chi connectivity index (χ1v) is 8.61. The Bertz CT molecular complexity index is 736. The quantitative estimate of drug-likeness (QED) is 0.917. The number of rotatable bonds is 5. The third-order valence-electron chi connectivity index (χ3n) is 4.75. The molecule has 0 aliphatic carbocycles. The van der Waals surface area contributed by atoms with Crippen molar-refractivity contribution >= 4 is 5.91 Å². The van der Waals surface area contributed by atoms with Crippen LogP contribution in [-0.2, 0) is 24.2 Å². The molecule has 24 heavy (non-hydrogen) atoms. The number of ether oxygens (including phenoxy) is 1. The van der Waals surface area contributed by atoms with Crippen molar-refractivity contribution in [1.82, 2.24) is 15.1 Å². The number of nitrogens with one attached hydrogen (secondary N) is 1. The standard InChI is InChI=1S/C19H25N3O2/c1-4-22-14(3)17(13(2)21-22)9-10-20-19(23)16-11-15-7-5-6-8-18(15)24-12-16/h5-8,16H,4,9-12H2,1-3H3,(H,20,23)/t16-/m0/s1. The average Bonchev–Trinajstić information content (AvgIpc) is 2.88. The van der Waals surface area contributed by atoms with Crippen LogP contribution < -0.4 is 10.1 Å². The summed E-state index contributed by atoms with van der Waals surface area (Å²) in [5.41, 5.74) is 4.60. The van der Waals surface area contributed by atoms with Crippen LogP contribution in [0.1, 0.15) is 29.4 Å². The molecule has 1 N–H and O–H groups in total. The zero-order valence-corrected chi connectivity index (χ0v) is 14.6. The van der Waals surface area contributed by atoms with Crippen molar-refractivity contribution in [1.29, 1.82) is 0 Å². The molecule has 3 rings (SSSR count). The summed E-state index contributed by atoms with van der Waals surface area (Å²) in [6.07, 6.45) is 1.56. The molecule has 5 heteroatoms. The topological polar surface area (TPSA) is 56.2 Å². The van der Waals surface area contributed by atoms with Gasteiger partial charge >= 0.3 is 0 Å². The molecule has 0 bridgehead atoms. The number of benzene rings is 1. The zero-order chi connectivity index (χ0) is 17.1. The highest BCUT2D eigenvalue weighted by molar-refractivity contribution is 5.79. The summed E-state index contributed by atoms with van der Waals surface area (Å²) in [6.45, 7) is 8.17. The van der Waals surface area contributed by atoms with Crippen LogP contribution in [0.3, 0.4) is 0 Å². The summed E-state index contributed by atoms with van der Waals surface area (Å²) >= 11 is 0. The molecule has 0 unspecified atom stereocenters. The minimum Gasteiger partial charge on any atom is -0.492 e. The smallest absolute Gasteiger partial charge is 0.226 e. The maximum absolute atomic E-state index is 12.4. The van der Waals surface area contributed by atoms with E-state index in [9.17, 15) is 4.79 Å². The van der Waals surface area contributed by atoms with Crippen LogP contribution in [0.5, 0.6) is 5.75 Å². The van der Waals surface area contributed by atoms with Gasteiger partial charge in [0.2, 0.25) is 5.91 Å². The molecule has 0 spiro atoms. The van der Waals surface area contributed by atoms with E-state index in [1.165, 1.54) is 11.3 Å². The number of hydrogen-bond donors (Lipinski definition) is 1. The Morgan fingerprint density at radius 2 is 2.17 bits per heavy atom. The van der Waals surface area contributed by atoms with Gasteiger partial charge in [0.1, 0.15) is 12.4 Å². The number of carbonyl (C=O) groups excluding carboxylic acids is 1. The Balaban J connectivity index is 1.54. The monoisotopic (exact) mass is 327 g/mol. The first-order chi connectivity index (χ1) is 11.6. The molecule has 1 amide bonds. The normalized spacial score (nSPS) is 16.4. The molecule has 1 aliphatic heterocycles. The van der Waals surface area contributed by atoms with Crippen molar-refractivity contribution in [2.75, 3.05) is 13.2 Å². The molecule has 0 fully saturated rings. The molecule has 1 aromatic heterocycles. The second-order valence-electron chi connectivity index (χ2n) is 6.33. The van der Waals surface area contributed by atoms with Crippen molar-refractivity contribution < 1.29 is 9.53 Å². The summed E-state index contributed by atoms with van der Waals surface area (Å²) in [5.74, 6) is 0.864. The number of hydrogen-bond acceptors (Lipinski definition) is 3. The lowest BCUT2D eigenvalue weighted by Crippen LogP contribution is -2.38. The molecular formula is C19H25N3O2. The Morgan fingerprint density at radius 3 is 2.92 bits per heavy atom. The predicted octanol–water partition coefficient (Wildman–Crippen LogP) is 2.43. The molecule has 2 aromatic rings. The number of aryl methyl sites for hydroxylation is 2. The molecular weight excluding hydrogens is 302 g/mol. The van der Waals surface area contributed by atoms with Crippen molar-refractivity contribution in [3.63, 3.8) is 0 Å². The maximum atomic E-state index is 12.4. The van der Waals surface area contributed by atoms with Crippen molar-refractivity contribution in [2.45, 2.75) is 40.2 Å². The first kappa shape index (κ1) is 16.6. The number of fused-ring (bicyclic) bond motifs is 1. The highest BCUT2D eigenvalue weighted by atomic mass is 16.5. The van der Waals surface area contributed by atoms with Gasteiger partial charge in [-0.05, 0) is 50.8 Å². The van der Waals surface area contributed by atoms with E-state index in [4.69, 9.17) is 4.74 Å². The summed E-state index contributed by atoms with van der Waals surface area (Å²) < 4.78 is 7.72. The Hall–Kier alpha value is -2.30. The van der Waals surface area contributed by atoms with Gasteiger partial charge < -0.3 is 10.1 Å². The maximum Gasteiger partial charge on any atom is 0.226 e. The summed E-state index contributed by atoms with van der Waals surface area (Å²) in [7, 11) is 0. The van der Waals surface area contributed by atoms with E-state index in [-0.39, 0.29) is 11.8 Å². The van der Waals surface area contributed by atoms with Crippen LogP contribution >= 0.6 is 0 Å². The molecule has 0 saturated heterocycles. The van der Waals surface area contributed by atoms with Gasteiger partial charge in [0.05, 0.1) is 11.6 Å². The minimum atomic E-state index is -0.111. The van der Waals surface area contributed by atoms with Crippen LogP contribution in [0.4, 0.5) is 0 Å². The third kappa shape index (κ3) is 3.30. The van der Waals surface area contributed by atoms with E-state index in [0.29, 0.717) is 13.2 Å². The molecule has 2 heterocycles. The Morgan fingerprint density at radius 1 is 1.38 bits per heavy atom. The van der Waals surface area contributed by atoms with E-state index in [1.54, 1.807) is 0 Å². The predicted molar refractivity (Wildman–Crippen MR) is 93.2 cm³/mol. The van der Waals surface area contributed by atoms with Crippen LogP contribution in [-0.4, -0.2) is 28.8 Å². The van der Waals surface area contributed by atoms with Gasteiger partial charge in [-0.25, -0.2) is 0 Å². The SMILES string of the molecule is CCn1nc(C)c(CCNC(=O)[C@@H]2COc3ccccc3C2)c1C. The second-order valence-corrected chi connectivity index (χ2v) is 6.33. The fraction of sp³-hybridized carbons (Fsp3) is 0.474. The Labute approximate surface area is 143 Å². The number of carbonyl (C=O) groups is 1. The molecule has 128 valence electrons. The lowest BCUT2D eigenvalue weighted by molar-refractivity contribution is -0.126. The van der Waals surface area contributed by atoms with Gasteiger partial charge in [-0.15, -0.1) is 0 Å². The molecule has 0 saturated carbocycles. The highest BCUT2D eigenvalue weighted by Crippen LogP contribution is 2.26. The minimum absolute atomic E-state index is 0.0719. The fourth-order valence-corrected chi connectivity index (χ4v) is 3.36. The zero-order valence-electron chi connectivity index (χ0n) is 14.6. The number of amides is 1. The number of para-hydroxylation sites is 1. The number of aromatic nitrogens is 2. The number of nitrogens with zero attached hydrogens (tertiary/aromatic N) is 2. The molecule has 1 aromatic carbocycles. The van der Waals surface area contributed by atoms with Gasteiger partial charge in [0.25, 0.3) is 0 Å². The second kappa shape index (κ2) is 7.07. The van der Waals surface area contributed by atoms with Crippen LogP contribution in [0, 0.1) is 19.8 Å². The van der Waals surface area contributed by atoms with Gasteiger partial charge in [-0.2, -0.15) is 5.10 Å². The Kier molecular flexibility index (Phi) is 4.88. The average molecular weight is 327 g/mol. The summed E-state index contributed by atoms with van der Waals surface area (Å²) in [6, 6.07) is 7.93. The van der Waals surface area contributed by atoms with Gasteiger partial charge in [0, 0.05) is 18.8 Å². The van der Waals surface area contributed by atoms with Gasteiger partial charge in [-0.1, -0.05) is 18.2 Å². The van der Waals surface area contributed by atoms with Crippen molar-refractivity contribution in [2.24, 2.45) is 5.92 Å². The molecule has 1 aliphatic rings. The molecule has 1 atom stereocenters. The van der Waals surface area contributed by atoms with Crippen molar-refractivity contribution in [3.8, 4) is 5.75 Å². The van der Waals surface area contributed by atoms with E-state index in [0.717, 1.165) is 36.4 Å². The van der Waals surface area contributed by atoms with E-state index >= 15 is 0 Å². The lowest BCUT2D eigenvalue weighted by atomic mass is 9.96. The van der Waals surface area contributed by atoms with Gasteiger partial charge in [-0.3, -0.25) is 9.48 Å². The van der Waals surface area contributed by atoms with Crippen LogP contribution in [0.2, 0.25) is 0 Å². The van der Waals surface area contributed by atoms with E-state index in [2.05, 4.69) is 24.3 Å². The van der Waals surface area contributed by atoms with Crippen molar-refractivity contribution in [3.05, 3.63) is 46.8 Å². The van der Waals surface area contributed by atoms with E-state index in [1.807, 2.05) is 35.9 Å². The third-order valence-corrected chi connectivity index (χ3v) is 4.75. The summed E-state index contributed by atoms with van der Waals surface area (Å²) in [4.78, 5) is 12.4. The molecule has 0 radical (unpaired) electrons. The fourth-order valence-electron chi connectivity index (χ4n) is 3.36. The largest absolute Gasteiger partial charge is 0.492 e.